The van der Waals surface area contributed by atoms with Crippen molar-refractivity contribution in [3.63, 3.8) is 0 Å². The van der Waals surface area contributed by atoms with Gasteiger partial charge in [-0.05, 0) is 57.6 Å². The fourth-order valence-electron chi connectivity index (χ4n) is 4.57. The molecule has 2 heterocycles. The third-order valence-electron chi connectivity index (χ3n) is 6.61. The van der Waals surface area contributed by atoms with Gasteiger partial charge in [-0.3, -0.25) is 4.79 Å². The Labute approximate surface area is 187 Å². The van der Waals surface area contributed by atoms with Crippen molar-refractivity contribution in [3.05, 3.63) is 41.3 Å². The number of fused-ring (bicyclic) bond motifs is 1. The molecular weight excluding hydrogens is 404 g/mol. The van der Waals surface area contributed by atoms with Gasteiger partial charge in [0.2, 0.25) is 0 Å². The van der Waals surface area contributed by atoms with E-state index >= 15 is 0 Å². The van der Waals surface area contributed by atoms with Crippen molar-refractivity contribution in [2.24, 2.45) is 5.92 Å². The average molecular weight is 435 g/mol. The molecule has 2 aliphatic rings. The van der Waals surface area contributed by atoms with Crippen LogP contribution in [0.4, 0.5) is 0 Å². The second-order valence-corrected chi connectivity index (χ2v) is 9.26. The molecule has 0 unspecified atom stereocenters. The summed E-state index contributed by atoms with van der Waals surface area (Å²) in [5.74, 6) is 1.23. The van der Waals surface area contributed by atoms with Crippen LogP contribution in [0.3, 0.4) is 0 Å². The van der Waals surface area contributed by atoms with E-state index in [4.69, 9.17) is 4.74 Å². The van der Waals surface area contributed by atoms with E-state index in [2.05, 4.69) is 26.3 Å². The monoisotopic (exact) mass is 434 g/mol. The Bertz CT molecular complexity index is 1150. The number of hydrogen-bond acceptors (Lipinski definition) is 5. The van der Waals surface area contributed by atoms with Crippen molar-refractivity contribution < 1.29 is 14.6 Å². The second kappa shape index (κ2) is 8.54. The van der Waals surface area contributed by atoms with Crippen LogP contribution in [-0.2, 0) is 0 Å². The van der Waals surface area contributed by atoms with Gasteiger partial charge in [-0.1, -0.05) is 24.5 Å². The number of carbonyl (C=O) groups excluding carboxylic acids is 1. The van der Waals surface area contributed by atoms with Crippen LogP contribution in [0.1, 0.15) is 60.1 Å². The van der Waals surface area contributed by atoms with Crippen molar-refractivity contribution in [1.82, 2.24) is 20.3 Å². The van der Waals surface area contributed by atoms with Gasteiger partial charge in [0, 0.05) is 11.3 Å². The maximum Gasteiger partial charge on any atom is 0.255 e. The molecule has 2 aromatic heterocycles. The summed E-state index contributed by atoms with van der Waals surface area (Å²) in [6.45, 7) is 4.63. The molecule has 7 heteroatoms. The van der Waals surface area contributed by atoms with Gasteiger partial charge in [0.05, 0.1) is 29.8 Å². The van der Waals surface area contributed by atoms with Gasteiger partial charge in [0.25, 0.3) is 5.91 Å². The van der Waals surface area contributed by atoms with Crippen LogP contribution in [0.25, 0.3) is 22.3 Å². The summed E-state index contributed by atoms with van der Waals surface area (Å²) in [5.41, 5.74) is 5.29. The number of nitrogens with one attached hydrogen (secondary N) is 2. The number of aryl methyl sites for hydroxylation is 2. The number of rotatable bonds is 6. The van der Waals surface area contributed by atoms with E-state index < -0.39 is 6.10 Å². The van der Waals surface area contributed by atoms with E-state index in [1.54, 1.807) is 0 Å². The maximum absolute atomic E-state index is 13.2. The summed E-state index contributed by atoms with van der Waals surface area (Å²) in [6, 6.07) is 5.88. The van der Waals surface area contributed by atoms with E-state index in [1.165, 1.54) is 19.2 Å². The first kappa shape index (κ1) is 20.9. The summed E-state index contributed by atoms with van der Waals surface area (Å²) in [6.07, 6.45) is 6.98. The lowest BCUT2D eigenvalue weighted by Crippen LogP contribution is -2.45. The first-order chi connectivity index (χ1) is 15.5. The van der Waals surface area contributed by atoms with Crippen molar-refractivity contribution in [2.75, 3.05) is 6.61 Å². The SMILES string of the molecule is Cc1ccc(OCC2CC2)c(-c2ncnc3c(C(=O)N[C@H]4CCCC[C@@H]4O)c(C)[nH]c23)c1. The summed E-state index contributed by atoms with van der Waals surface area (Å²) >= 11 is 0. The molecule has 2 atom stereocenters. The largest absolute Gasteiger partial charge is 0.493 e. The van der Waals surface area contributed by atoms with E-state index in [0.29, 0.717) is 23.6 Å². The Balaban J connectivity index is 1.51. The first-order valence-electron chi connectivity index (χ1n) is 11.6. The molecule has 2 fully saturated rings. The lowest BCUT2D eigenvalue weighted by atomic mass is 9.92. The summed E-state index contributed by atoms with van der Waals surface area (Å²) in [7, 11) is 0. The molecule has 3 N–H and O–H groups in total. The predicted octanol–water partition coefficient (Wildman–Crippen LogP) is 4.06. The Hall–Kier alpha value is -2.93. The highest BCUT2D eigenvalue weighted by Crippen LogP contribution is 2.37. The van der Waals surface area contributed by atoms with Gasteiger partial charge in [-0.15, -0.1) is 0 Å². The highest BCUT2D eigenvalue weighted by molar-refractivity contribution is 6.09. The molecule has 1 aromatic carbocycles. The topological polar surface area (TPSA) is 100 Å². The third kappa shape index (κ3) is 4.09. The number of benzene rings is 1. The highest BCUT2D eigenvalue weighted by Gasteiger charge is 2.28. The lowest BCUT2D eigenvalue weighted by molar-refractivity contribution is 0.0718. The standard InChI is InChI=1S/C25H30N4O3/c1-14-7-10-20(32-12-16-8-9-16)17(11-14)22-24-23(27-13-26-22)21(15(2)28-24)25(31)29-18-5-3-4-6-19(18)30/h7,10-11,13,16,18-19,28,30H,3-6,8-9,12H2,1-2H3,(H,29,31)/t18-,19-/m0/s1. The van der Waals surface area contributed by atoms with Crippen LogP contribution in [0.2, 0.25) is 0 Å². The van der Waals surface area contributed by atoms with Gasteiger partial charge in [0.1, 0.15) is 23.3 Å². The molecule has 1 amide bonds. The number of aromatic amines is 1. The number of hydrogen-bond donors (Lipinski definition) is 3. The lowest BCUT2D eigenvalue weighted by Gasteiger charge is -2.28. The molecule has 5 rings (SSSR count). The number of ether oxygens (including phenoxy) is 1. The van der Waals surface area contributed by atoms with Crippen LogP contribution < -0.4 is 10.1 Å². The number of amides is 1. The molecule has 0 radical (unpaired) electrons. The molecule has 32 heavy (non-hydrogen) atoms. The van der Waals surface area contributed by atoms with E-state index in [1.807, 2.05) is 26.0 Å². The number of aliphatic hydroxyl groups is 1. The van der Waals surface area contributed by atoms with E-state index in [0.717, 1.165) is 59.5 Å². The first-order valence-corrected chi connectivity index (χ1v) is 11.6. The van der Waals surface area contributed by atoms with E-state index in [9.17, 15) is 9.90 Å². The summed E-state index contributed by atoms with van der Waals surface area (Å²) in [5, 5.41) is 13.3. The van der Waals surface area contributed by atoms with Crippen LogP contribution in [0.5, 0.6) is 5.75 Å². The fourth-order valence-corrected chi connectivity index (χ4v) is 4.57. The van der Waals surface area contributed by atoms with Crippen molar-refractivity contribution >= 4 is 16.9 Å². The summed E-state index contributed by atoms with van der Waals surface area (Å²) in [4.78, 5) is 25.5. The van der Waals surface area contributed by atoms with Gasteiger partial charge in [-0.2, -0.15) is 0 Å². The predicted molar refractivity (Wildman–Crippen MR) is 123 cm³/mol. The van der Waals surface area contributed by atoms with Gasteiger partial charge >= 0.3 is 0 Å². The van der Waals surface area contributed by atoms with Crippen molar-refractivity contribution in [3.8, 4) is 17.0 Å². The minimum Gasteiger partial charge on any atom is -0.493 e. The number of aromatic nitrogens is 3. The molecule has 0 aliphatic heterocycles. The normalized spacial score (nSPS) is 21.0. The Morgan fingerprint density at radius 3 is 2.78 bits per heavy atom. The third-order valence-corrected chi connectivity index (χ3v) is 6.61. The van der Waals surface area contributed by atoms with Crippen LogP contribution >= 0.6 is 0 Å². The minimum absolute atomic E-state index is 0.209. The maximum atomic E-state index is 13.2. The zero-order valence-corrected chi connectivity index (χ0v) is 18.6. The van der Waals surface area contributed by atoms with Gasteiger partial charge in [-0.25, -0.2) is 9.97 Å². The van der Waals surface area contributed by atoms with Crippen molar-refractivity contribution in [1.29, 1.82) is 0 Å². The number of nitrogens with zero attached hydrogens (tertiary/aromatic N) is 2. The fraction of sp³-hybridized carbons (Fsp3) is 0.480. The summed E-state index contributed by atoms with van der Waals surface area (Å²) < 4.78 is 6.13. The number of H-pyrrole nitrogens is 1. The smallest absolute Gasteiger partial charge is 0.255 e. The molecule has 0 spiro atoms. The molecule has 3 aromatic rings. The molecule has 2 aliphatic carbocycles. The Morgan fingerprint density at radius 2 is 2.00 bits per heavy atom. The van der Waals surface area contributed by atoms with Crippen LogP contribution in [0.15, 0.2) is 24.5 Å². The average Bonchev–Trinajstić information content (AvgIpc) is 3.54. The van der Waals surface area contributed by atoms with Crippen LogP contribution in [-0.4, -0.2) is 44.7 Å². The quantitative estimate of drug-likeness (QED) is 0.543. The zero-order chi connectivity index (χ0) is 22.2. The molecular formula is C25H30N4O3. The second-order valence-electron chi connectivity index (χ2n) is 9.26. The van der Waals surface area contributed by atoms with Crippen molar-refractivity contribution in [2.45, 2.75) is 64.5 Å². The number of aliphatic hydroxyl groups excluding tert-OH is 1. The minimum atomic E-state index is -0.498. The highest BCUT2D eigenvalue weighted by atomic mass is 16.5. The Kier molecular flexibility index (Phi) is 5.59. The molecule has 7 nitrogen and oxygen atoms in total. The Morgan fingerprint density at radius 1 is 1.19 bits per heavy atom. The van der Waals surface area contributed by atoms with Crippen LogP contribution in [0, 0.1) is 19.8 Å². The van der Waals surface area contributed by atoms with Gasteiger partial charge in [0.15, 0.2) is 0 Å². The van der Waals surface area contributed by atoms with Gasteiger partial charge < -0.3 is 20.1 Å². The number of carbonyl (C=O) groups is 1. The molecule has 0 saturated heterocycles. The molecule has 168 valence electrons. The zero-order valence-electron chi connectivity index (χ0n) is 18.6. The molecule has 0 bridgehead atoms. The van der Waals surface area contributed by atoms with E-state index in [-0.39, 0.29) is 11.9 Å². The molecule has 2 saturated carbocycles.